The van der Waals surface area contributed by atoms with Crippen molar-refractivity contribution in [2.45, 2.75) is 0 Å². The van der Waals surface area contributed by atoms with E-state index in [9.17, 15) is 4.79 Å². The zero-order chi connectivity index (χ0) is 8.84. The number of nitrogens with zero attached hydrogens (tertiary/aromatic N) is 2. The Morgan fingerprint density at radius 2 is 2.38 bits per heavy atom. The molecule has 0 atom stereocenters. The molecular weight excluding hydrogens is 188 g/mol. The number of hydrogen-bond acceptors (Lipinski definition) is 4. The van der Waals surface area contributed by atoms with E-state index in [1.807, 2.05) is 0 Å². The van der Waals surface area contributed by atoms with Gasteiger partial charge in [0.25, 0.3) is 5.56 Å². The van der Waals surface area contributed by atoms with Gasteiger partial charge in [0.05, 0.1) is 22.7 Å². The van der Waals surface area contributed by atoms with Crippen LogP contribution in [-0.2, 0) is 0 Å². The SMILES string of the molecule is O=c1[nH]cnc2sc3cn[nH]c3c12. The lowest BCUT2D eigenvalue weighted by Crippen LogP contribution is -2.04. The van der Waals surface area contributed by atoms with Crippen LogP contribution >= 0.6 is 11.3 Å². The average Bonchev–Trinajstić information content (AvgIpc) is 2.62. The van der Waals surface area contributed by atoms with Gasteiger partial charge in [-0.1, -0.05) is 0 Å². The predicted molar refractivity (Wildman–Crippen MR) is 49.9 cm³/mol. The number of aromatic amines is 2. The number of hydrogen-bond donors (Lipinski definition) is 2. The van der Waals surface area contributed by atoms with Crippen LogP contribution in [0.1, 0.15) is 0 Å². The highest BCUT2D eigenvalue weighted by Crippen LogP contribution is 2.27. The Kier molecular flexibility index (Phi) is 1.13. The van der Waals surface area contributed by atoms with Crippen molar-refractivity contribution in [3.63, 3.8) is 0 Å². The summed E-state index contributed by atoms with van der Waals surface area (Å²) >= 11 is 1.46. The van der Waals surface area contributed by atoms with Crippen LogP contribution in [0.5, 0.6) is 0 Å². The highest BCUT2D eigenvalue weighted by Gasteiger charge is 2.09. The van der Waals surface area contributed by atoms with Crippen LogP contribution in [0, 0.1) is 0 Å². The quantitative estimate of drug-likeness (QED) is 0.554. The standard InChI is InChI=1S/C7H4N4OS/c12-6-4-5-3(1-10-11-5)13-7(4)9-2-8-6/h1-2H,(H,10,11)(H,8,9,12). The highest BCUT2D eigenvalue weighted by molar-refractivity contribution is 7.25. The maximum atomic E-state index is 11.4. The fourth-order valence-electron chi connectivity index (χ4n) is 1.32. The van der Waals surface area contributed by atoms with Crippen molar-refractivity contribution < 1.29 is 0 Å². The van der Waals surface area contributed by atoms with Gasteiger partial charge < -0.3 is 4.98 Å². The van der Waals surface area contributed by atoms with Crippen molar-refractivity contribution in [2.75, 3.05) is 0 Å². The molecule has 0 saturated carbocycles. The summed E-state index contributed by atoms with van der Waals surface area (Å²) in [6, 6.07) is 0. The minimum absolute atomic E-state index is 0.125. The molecule has 2 N–H and O–H groups in total. The molecule has 0 aliphatic carbocycles. The molecule has 0 radical (unpaired) electrons. The maximum absolute atomic E-state index is 11.4. The third-order valence-corrected chi connectivity index (χ3v) is 2.91. The first kappa shape index (κ1) is 6.79. The predicted octanol–water partition coefficient (Wildman–Crippen LogP) is 0.861. The van der Waals surface area contributed by atoms with Gasteiger partial charge in [0, 0.05) is 0 Å². The van der Waals surface area contributed by atoms with Gasteiger partial charge >= 0.3 is 0 Å². The molecule has 64 valence electrons. The van der Waals surface area contributed by atoms with Crippen molar-refractivity contribution >= 4 is 31.8 Å². The topological polar surface area (TPSA) is 74.4 Å². The minimum atomic E-state index is -0.125. The first-order valence-electron chi connectivity index (χ1n) is 3.65. The van der Waals surface area contributed by atoms with Crippen molar-refractivity contribution in [1.29, 1.82) is 0 Å². The van der Waals surface area contributed by atoms with Gasteiger partial charge in [0.2, 0.25) is 0 Å². The van der Waals surface area contributed by atoms with E-state index in [1.54, 1.807) is 6.20 Å². The fourth-order valence-corrected chi connectivity index (χ4v) is 2.28. The third kappa shape index (κ3) is 0.775. The lowest BCUT2D eigenvalue weighted by Gasteiger charge is -1.84. The van der Waals surface area contributed by atoms with Gasteiger partial charge in [-0.05, 0) is 0 Å². The largest absolute Gasteiger partial charge is 0.312 e. The zero-order valence-electron chi connectivity index (χ0n) is 6.37. The summed E-state index contributed by atoms with van der Waals surface area (Å²) in [5, 5.41) is 7.24. The molecule has 0 bridgehead atoms. The summed E-state index contributed by atoms with van der Waals surface area (Å²) in [5.41, 5.74) is 0.648. The number of rotatable bonds is 0. The number of nitrogens with one attached hydrogen (secondary N) is 2. The van der Waals surface area contributed by atoms with Crippen molar-refractivity contribution in [3.8, 4) is 0 Å². The summed E-state index contributed by atoms with van der Waals surface area (Å²) in [4.78, 5) is 18.8. The summed E-state index contributed by atoms with van der Waals surface area (Å²) in [7, 11) is 0. The number of fused-ring (bicyclic) bond motifs is 3. The van der Waals surface area contributed by atoms with E-state index < -0.39 is 0 Å². The van der Waals surface area contributed by atoms with E-state index >= 15 is 0 Å². The molecule has 3 rings (SSSR count). The molecule has 3 heterocycles. The van der Waals surface area contributed by atoms with E-state index in [2.05, 4.69) is 20.2 Å². The Morgan fingerprint density at radius 1 is 1.46 bits per heavy atom. The summed E-state index contributed by atoms with van der Waals surface area (Å²) in [6.07, 6.45) is 3.11. The molecule has 0 amide bonds. The smallest absolute Gasteiger partial charge is 0.261 e. The molecule has 0 spiro atoms. The normalized spacial score (nSPS) is 11.4. The highest BCUT2D eigenvalue weighted by atomic mass is 32.1. The average molecular weight is 192 g/mol. The second-order valence-electron chi connectivity index (χ2n) is 2.62. The fraction of sp³-hybridized carbons (Fsp3) is 0. The lowest BCUT2D eigenvalue weighted by atomic mass is 10.3. The van der Waals surface area contributed by atoms with E-state index in [0.29, 0.717) is 5.39 Å². The van der Waals surface area contributed by atoms with E-state index in [-0.39, 0.29) is 5.56 Å². The van der Waals surface area contributed by atoms with Crippen molar-refractivity contribution in [1.82, 2.24) is 20.2 Å². The van der Waals surface area contributed by atoms with Gasteiger partial charge in [0.1, 0.15) is 10.2 Å². The molecule has 6 heteroatoms. The molecule has 0 saturated heterocycles. The summed E-state index contributed by atoms with van der Waals surface area (Å²) < 4.78 is 0.958. The first-order valence-corrected chi connectivity index (χ1v) is 4.47. The Hall–Kier alpha value is -1.69. The molecule has 13 heavy (non-hydrogen) atoms. The molecule has 5 nitrogen and oxygen atoms in total. The van der Waals surface area contributed by atoms with Crippen LogP contribution in [0.15, 0.2) is 17.3 Å². The summed E-state index contributed by atoms with van der Waals surface area (Å²) in [6.45, 7) is 0. The molecule has 0 aliphatic rings. The maximum Gasteiger partial charge on any atom is 0.261 e. The van der Waals surface area contributed by atoms with Gasteiger partial charge in [-0.25, -0.2) is 4.98 Å². The Morgan fingerprint density at radius 3 is 3.31 bits per heavy atom. The Bertz CT molecular complexity index is 634. The molecule has 3 aromatic heterocycles. The summed E-state index contributed by atoms with van der Waals surface area (Å²) in [5.74, 6) is 0. The van der Waals surface area contributed by atoms with Crippen LogP contribution in [0.2, 0.25) is 0 Å². The van der Waals surface area contributed by atoms with Gasteiger partial charge in [0.15, 0.2) is 0 Å². The first-order chi connectivity index (χ1) is 6.36. The molecule has 3 aromatic rings. The van der Waals surface area contributed by atoms with E-state index in [4.69, 9.17) is 0 Å². The second-order valence-corrected chi connectivity index (χ2v) is 3.65. The van der Waals surface area contributed by atoms with Gasteiger partial charge in [-0.2, -0.15) is 5.10 Å². The molecule has 0 aromatic carbocycles. The zero-order valence-corrected chi connectivity index (χ0v) is 7.18. The van der Waals surface area contributed by atoms with Crippen LogP contribution in [0.4, 0.5) is 0 Å². The van der Waals surface area contributed by atoms with E-state index in [0.717, 1.165) is 15.0 Å². The Labute approximate surface area is 75.4 Å². The minimum Gasteiger partial charge on any atom is -0.312 e. The van der Waals surface area contributed by atoms with Crippen LogP contribution in [0.3, 0.4) is 0 Å². The number of thiophene rings is 1. The van der Waals surface area contributed by atoms with Crippen LogP contribution < -0.4 is 5.56 Å². The lowest BCUT2D eigenvalue weighted by molar-refractivity contribution is 1.12. The Balaban J connectivity index is 2.77. The van der Waals surface area contributed by atoms with Crippen molar-refractivity contribution in [2.24, 2.45) is 0 Å². The van der Waals surface area contributed by atoms with E-state index in [1.165, 1.54) is 17.7 Å². The van der Waals surface area contributed by atoms with Crippen LogP contribution in [0.25, 0.3) is 20.4 Å². The molecule has 0 aliphatic heterocycles. The molecule has 0 fully saturated rings. The van der Waals surface area contributed by atoms with Crippen LogP contribution in [-0.4, -0.2) is 20.2 Å². The second kappa shape index (κ2) is 2.17. The number of aromatic nitrogens is 4. The number of H-pyrrole nitrogens is 2. The molecule has 0 unspecified atom stereocenters. The van der Waals surface area contributed by atoms with Gasteiger partial charge in [-0.15, -0.1) is 11.3 Å². The van der Waals surface area contributed by atoms with Gasteiger partial charge in [-0.3, -0.25) is 9.89 Å². The van der Waals surface area contributed by atoms with Crippen molar-refractivity contribution in [3.05, 3.63) is 22.9 Å². The third-order valence-electron chi connectivity index (χ3n) is 1.88. The molecular formula is C7H4N4OS. The monoisotopic (exact) mass is 192 g/mol.